The molecule has 0 fully saturated rings. The van der Waals surface area contributed by atoms with Crippen molar-refractivity contribution in [2.45, 2.75) is 0 Å². The molecule has 1 heterocycles. The fraction of sp³-hybridized carbons (Fsp3) is 0.0588. The van der Waals surface area contributed by atoms with Crippen molar-refractivity contribution < 1.29 is 4.74 Å². The summed E-state index contributed by atoms with van der Waals surface area (Å²) in [6.45, 7) is 4.83. The van der Waals surface area contributed by atoms with Gasteiger partial charge in [-0.1, -0.05) is 55.1 Å². The SMILES string of the molecule is C=C(C1=CCOc2ccccc21)c1ccccc1. The molecule has 3 rings (SSSR count). The van der Waals surface area contributed by atoms with Crippen LogP contribution in [0.5, 0.6) is 5.75 Å². The summed E-state index contributed by atoms with van der Waals surface area (Å²) in [5.74, 6) is 0.937. The van der Waals surface area contributed by atoms with Gasteiger partial charge in [-0.2, -0.15) is 0 Å². The van der Waals surface area contributed by atoms with Gasteiger partial charge in [-0.05, 0) is 28.9 Å². The van der Waals surface area contributed by atoms with Gasteiger partial charge in [-0.3, -0.25) is 0 Å². The molecule has 0 spiro atoms. The molecule has 0 bridgehead atoms. The van der Waals surface area contributed by atoms with Crippen LogP contribution in [0.2, 0.25) is 0 Å². The van der Waals surface area contributed by atoms with Crippen molar-refractivity contribution in [2.75, 3.05) is 6.61 Å². The Labute approximate surface area is 107 Å². The minimum atomic E-state index is 0.609. The van der Waals surface area contributed by atoms with Gasteiger partial charge in [0, 0.05) is 5.56 Å². The third-order valence-electron chi connectivity index (χ3n) is 3.15. The molecule has 1 heteroatoms. The molecule has 0 atom stereocenters. The summed E-state index contributed by atoms with van der Waals surface area (Å²) in [6.07, 6.45) is 2.09. The van der Waals surface area contributed by atoms with Gasteiger partial charge in [0.05, 0.1) is 0 Å². The van der Waals surface area contributed by atoms with Crippen LogP contribution in [-0.2, 0) is 0 Å². The van der Waals surface area contributed by atoms with Crippen molar-refractivity contribution in [1.29, 1.82) is 0 Å². The number of rotatable bonds is 2. The smallest absolute Gasteiger partial charge is 0.127 e. The highest BCUT2D eigenvalue weighted by Crippen LogP contribution is 2.37. The summed E-state index contributed by atoms with van der Waals surface area (Å²) >= 11 is 0. The molecule has 2 aromatic carbocycles. The van der Waals surface area contributed by atoms with Gasteiger partial charge in [-0.15, -0.1) is 0 Å². The Morgan fingerprint density at radius 1 is 0.944 bits per heavy atom. The monoisotopic (exact) mass is 234 g/mol. The molecule has 88 valence electrons. The molecule has 0 saturated carbocycles. The van der Waals surface area contributed by atoms with E-state index in [2.05, 4.69) is 30.9 Å². The van der Waals surface area contributed by atoms with Crippen molar-refractivity contribution in [3.8, 4) is 5.75 Å². The van der Waals surface area contributed by atoms with E-state index in [1.807, 2.05) is 36.4 Å². The summed E-state index contributed by atoms with van der Waals surface area (Å²) in [7, 11) is 0. The van der Waals surface area contributed by atoms with Gasteiger partial charge >= 0.3 is 0 Å². The Balaban J connectivity index is 2.03. The predicted octanol–water partition coefficient (Wildman–Crippen LogP) is 4.18. The van der Waals surface area contributed by atoms with Crippen molar-refractivity contribution in [3.05, 3.63) is 78.4 Å². The van der Waals surface area contributed by atoms with Crippen LogP contribution >= 0.6 is 0 Å². The molecule has 0 saturated heterocycles. The maximum atomic E-state index is 5.62. The van der Waals surface area contributed by atoms with Gasteiger partial charge < -0.3 is 4.74 Å². The van der Waals surface area contributed by atoms with E-state index in [9.17, 15) is 0 Å². The lowest BCUT2D eigenvalue weighted by atomic mass is 9.92. The molecule has 1 nitrogen and oxygen atoms in total. The highest BCUT2D eigenvalue weighted by atomic mass is 16.5. The molecule has 0 aliphatic carbocycles. The molecule has 0 radical (unpaired) electrons. The Bertz CT molecular complexity index is 609. The zero-order valence-corrected chi connectivity index (χ0v) is 10.1. The van der Waals surface area contributed by atoms with Crippen molar-refractivity contribution >= 4 is 11.1 Å². The third-order valence-corrected chi connectivity index (χ3v) is 3.15. The van der Waals surface area contributed by atoms with E-state index in [1.54, 1.807) is 0 Å². The third kappa shape index (κ3) is 1.84. The molecule has 1 aliphatic rings. The lowest BCUT2D eigenvalue weighted by molar-refractivity contribution is 0.358. The molecule has 0 amide bonds. The second-order valence-electron chi connectivity index (χ2n) is 4.27. The lowest BCUT2D eigenvalue weighted by Crippen LogP contribution is -2.05. The molecule has 1 aliphatic heterocycles. The van der Waals surface area contributed by atoms with Crippen LogP contribution in [0.1, 0.15) is 11.1 Å². The largest absolute Gasteiger partial charge is 0.489 e. The summed E-state index contributed by atoms with van der Waals surface area (Å²) in [5, 5.41) is 0. The molecular formula is C17H14O. The van der Waals surface area contributed by atoms with E-state index < -0.39 is 0 Å². The summed E-state index contributed by atoms with van der Waals surface area (Å²) < 4.78 is 5.62. The average molecular weight is 234 g/mol. The summed E-state index contributed by atoms with van der Waals surface area (Å²) in [4.78, 5) is 0. The summed E-state index contributed by atoms with van der Waals surface area (Å²) in [6, 6.07) is 18.4. The molecular weight excluding hydrogens is 220 g/mol. The van der Waals surface area contributed by atoms with Crippen LogP contribution in [-0.4, -0.2) is 6.61 Å². The van der Waals surface area contributed by atoms with Crippen LogP contribution in [0.25, 0.3) is 11.1 Å². The molecule has 0 aromatic heterocycles. The van der Waals surface area contributed by atoms with E-state index in [0.717, 1.165) is 22.4 Å². The fourth-order valence-corrected chi connectivity index (χ4v) is 2.22. The quantitative estimate of drug-likeness (QED) is 0.757. The maximum Gasteiger partial charge on any atom is 0.127 e. The van der Waals surface area contributed by atoms with Crippen LogP contribution in [0.3, 0.4) is 0 Å². The first-order valence-corrected chi connectivity index (χ1v) is 6.03. The number of para-hydroxylation sites is 1. The maximum absolute atomic E-state index is 5.62. The number of allylic oxidation sites excluding steroid dienone is 2. The van der Waals surface area contributed by atoms with Gasteiger partial charge in [0.25, 0.3) is 0 Å². The normalized spacial score (nSPS) is 13.2. The van der Waals surface area contributed by atoms with E-state index >= 15 is 0 Å². The van der Waals surface area contributed by atoms with Crippen LogP contribution < -0.4 is 4.74 Å². The topological polar surface area (TPSA) is 9.23 Å². The lowest BCUT2D eigenvalue weighted by Gasteiger charge is -2.20. The van der Waals surface area contributed by atoms with Gasteiger partial charge in [-0.25, -0.2) is 0 Å². The number of benzene rings is 2. The highest BCUT2D eigenvalue weighted by molar-refractivity contribution is 6.05. The fourth-order valence-electron chi connectivity index (χ4n) is 2.22. The van der Waals surface area contributed by atoms with Gasteiger partial charge in [0.15, 0.2) is 0 Å². The standard InChI is InChI=1S/C17H14O/c1-13(14-7-3-2-4-8-14)15-11-12-18-17-10-6-5-9-16(15)17/h2-11H,1,12H2. The zero-order chi connectivity index (χ0) is 12.4. The van der Waals surface area contributed by atoms with E-state index in [1.165, 1.54) is 5.57 Å². The Hall–Kier alpha value is -2.28. The number of hydrogen-bond donors (Lipinski definition) is 0. The van der Waals surface area contributed by atoms with Gasteiger partial charge in [0.2, 0.25) is 0 Å². The van der Waals surface area contributed by atoms with Gasteiger partial charge in [0.1, 0.15) is 12.4 Å². The zero-order valence-electron chi connectivity index (χ0n) is 10.1. The summed E-state index contributed by atoms with van der Waals surface area (Å²) in [5.41, 5.74) is 4.49. The molecule has 0 unspecified atom stereocenters. The van der Waals surface area contributed by atoms with E-state index in [-0.39, 0.29) is 0 Å². The van der Waals surface area contributed by atoms with Crippen molar-refractivity contribution in [1.82, 2.24) is 0 Å². The van der Waals surface area contributed by atoms with Crippen molar-refractivity contribution in [3.63, 3.8) is 0 Å². The molecule has 0 N–H and O–H groups in total. The highest BCUT2D eigenvalue weighted by Gasteiger charge is 2.15. The first kappa shape index (κ1) is 10.8. The van der Waals surface area contributed by atoms with Crippen LogP contribution in [0.15, 0.2) is 67.3 Å². The molecule has 2 aromatic rings. The van der Waals surface area contributed by atoms with E-state index in [0.29, 0.717) is 6.61 Å². The number of ether oxygens (including phenoxy) is 1. The average Bonchev–Trinajstić information content (AvgIpc) is 2.47. The predicted molar refractivity (Wildman–Crippen MR) is 75.4 cm³/mol. The Morgan fingerprint density at radius 3 is 2.50 bits per heavy atom. The number of fused-ring (bicyclic) bond motifs is 1. The first-order chi connectivity index (χ1) is 8.86. The Kier molecular flexibility index (Phi) is 2.73. The molecule has 18 heavy (non-hydrogen) atoms. The van der Waals surface area contributed by atoms with Crippen molar-refractivity contribution in [2.24, 2.45) is 0 Å². The first-order valence-electron chi connectivity index (χ1n) is 6.03. The second kappa shape index (κ2) is 4.53. The van der Waals surface area contributed by atoms with Crippen LogP contribution in [0.4, 0.5) is 0 Å². The number of hydrogen-bond acceptors (Lipinski definition) is 1. The second-order valence-corrected chi connectivity index (χ2v) is 4.27. The minimum absolute atomic E-state index is 0.609. The Morgan fingerprint density at radius 2 is 1.67 bits per heavy atom. The minimum Gasteiger partial charge on any atom is -0.489 e. The van der Waals surface area contributed by atoms with Crippen LogP contribution in [0, 0.1) is 0 Å². The van der Waals surface area contributed by atoms with E-state index in [4.69, 9.17) is 4.74 Å².